The lowest BCUT2D eigenvalue weighted by Gasteiger charge is -2.25. The molecule has 0 aromatic heterocycles. The molecule has 132 valence electrons. The first-order valence-corrected chi connectivity index (χ1v) is 9.76. The Bertz CT molecular complexity index is 881. The summed E-state index contributed by atoms with van der Waals surface area (Å²) in [5.41, 5.74) is 1.72. The van der Waals surface area contributed by atoms with E-state index in [-0.39, 0.29) is 29.0 Å². The first-order chi connectivity index (χ1) is 11.8. The molecule has 0 aliphatic carbocycles. The molecule has 1 aliphatic heterocycles. The molecule has 1 unspecified atom stereocenters. The van der Waals surface area contributed by atoms with Gasteiger partial charge in [-0.25, -0.2) is 12.8 Å². The van der Waals surface area contributed by atoms with Gasteiger partial charge in [0.15, 0.2) is 9.84 Å². The van der Waals surface area contributed by atoms with Crippen molar-refractivity contribution in [2.45, 2.75) is 12.5 Å². The summed E-state index contributed by atoms with van der Waals surface area (Å²) in [6.07, 6.45) is 0.622. The largest absolute Gasteiger partial charge is 0.371 e. The average Bonchev–Trinajstić information content (AvgIpc) is 2.95. The maximum atomic E-state index is 13.2. The SMILES string of the molecule is CN(c1ccc(NC(=O)c2cccc(F)c2)cc1)C1CCS(=O)(=O)C1. The number of benzene rings is 2. The number of rotatable bonds is 4. The molecule has 3 rings (SSSR count). The summed E-state index contributed by atoms with van der Waals surface area (Å²) >= 11 is 0. The summed E-state index contributed by atoms with van der Waals surface area (Å²) in [7, 11) is -1.07. The maximum absolute atomic E-state index is 13.2. The Hall–Kier alpha value is -2.41. The number of sulfone groups is 1. The molecule has 0 spiro atoms. The Morgan fingerprint density at radius 2 is 1.92 bits per heavy atom. The molecular weight excluding hydrogens is 343 g/mol. The van der Waals surface area contributed by atoms with Crippen molar-refractivity contribution in [1.82, 2.24) is 0 Å². The Kier molecular flexibility index (Phi) is 4.76. The highest BCUT2D eigenvalue weighted by atomic mass is 32.2. The Morgan fingerprint density at radius 1 is 1.20 bits per heavy atom. The molecule has 0 saturated carbocycles. The van der Waals surface area contributed by atoms with Gasteiger partial charge in [-0.1, -0.05) is 6.07 Å². The topological polar surface area (TPSA) is 66.5 Å². The summed E-state index contributed by atoms with van der Waals surface area (Å²) in [5, 5.41) is 2.71. The molecule has 1 aliphatic rings. The number of hydrogen-bond donors (Lipinski definition) is 1. The fraction of sp³-hybridized carbons (Fsp3) is 0.278. The second-order valence-corrected chi connectivity index (χ2v) is 8.41. The number of halogens is 1. The molecule has 1 heterocycles. The van der Waals surface area contributed by atoms with Crippen molar-refractivity contribution < 1.29 is 17.6 Å². The van der Waals surface area contributed by atoms with E-state index in [1.165, 1.54) is 18.2 Å². The van der Waals surface area contributed by atoms with Crippen LogP contribution >= 0.6 is 0 Å². The van der Waals surface area contributed by atoms with E-state index in [1.54, 1.807) is 18.2 Å². The Balaban J connectivity index is 1.67. The summed E-state index contributed by atoms with van der Waals surface area (Å²) < 4.78 is 36.4. The third-order valence-corrected chi connectivity index (χ3v) is 6.13. The molecule has 1 N–H and O–H groups in total. The van der Waals surface area contributed by atoms with Crippen molar-refractivity contribution in [3.63, 3.8) is 0 Å². The molecule has 0 radical (unpaired) electrons. The van der Waals surface area contributed by atoms with Crippen LogP contribution in [0.1, 0.15) is 16.8 Å². The van der Waals surface area contributed by atoms with Gasteiger partial charge in [0.25, 0.3) is 5.91 Å². The van der Waals surface area contributed by atoms with Gasteiger partial charge in [0.2, 0.25) is 0 Å². The van der Waals surface area contributed by atoms with E-state index in [4.69, 9.17) is 0 Å². The van der Waals surface area contributed by atoms with E-state index < -0.39 is 15.7 Å². The summed E-state index contributed by atoms with van der Waals surface area (Å²) in [6, 6.07) is 12.6. The van der Waals surface area contributed by atoms with E-state index in [2.05, 4.69) is 5.32 Å². The standard InChI is InChI=1S/C18H19FN2O3S/c1-21(17-9-10-25(23,24)12-17)16-7-5-15(6-8-16)20-18(22)13-3-2-4-14(19)11-13/h2-8,11,17H,9-10,12H2,1H3,(H,20,22). The first kappa shape index (κ1) is 17.4. The van der Waals surface area contributed by atoms with Crippen LogP contribution in [0.5, 0.6) is 0 Å². The zero-order chi connectivity index (χ0) is 18.0. The molecular formula is C18H19FN2O3S. The normalized spacial score (nSPS) is 18.7. The molecule has 1 saturated heterocycles. The number of hydrogen-bond acceptors (Lipinski definition) is 4. The highest BCUT2D eigenvalue weighted by Gasteiger charge is 2.30. The van der Waals surface area contributed by atoms with Crippen molar-refractivity contribution in [1.29, 1.82) is 0 Å². The van der Waals surface area contributed by atoms with Crippen LogP contribution in [0.4, 0.5) is 15.8 Å². The summed E-state index contributed by atoms with van der Waals surface area (Å²) in [6.45, 7) is 0. The monoisotopic (exact) mass is 362 g/mol. The fourth-order valence-electron chi connectivity index (χ4n) is 2.90. The van der Waals surface area contributed by atoms with Crippen molar-refractivity contribution in [2.24, 2.45) is 0 Å². The van der Waals surface area contributed by atoms with Crippen molar-refractivity contribution in [3.8, 4) is 0 Å². The zero-order valence-corrected chi connectivity index (χ0v) is 14.6. The predicted octanol–water partition coefficient (Wildman–Crippen LogP) is 2.70. The number of nitrogens with one attached hydrogen (secondary N) is 1. The van der Waals surface area contributed by atoms with Gasteiger partial charge in [-0.3, -0.25) is 4.79 Å². The quantitative estimate of drug-likeness (QED) is 0.908. The minimum Gasteiger partial charge on any atom is -0.371 e. The maximum Gasteiger partial charge on any atom is 0.255 e. The van der Waals surface area contributed by atoms with Crippen molar-refractivity contribution in [2.75, 3.05) is 28.8 Å². The number of carbonyl (C=O) groups excluding carboxylic acids is 1. The lowest BCUT2D eigenvalue weighted by Crippen LogP contribution is -2.32. The van der Waals surface area contributed by atoms with Crippen LogP contribution in [-0.4, -0.2) is 38.9 Å². The molecule has 2 aromatic rings. The number of nitrogens with zero attached hydrogens (tertiary/aromatic N) is 1. The van der Waals surface area contributed by atoms with Crippen LogP contribution < -0.4 is 10.2 Å². The van der Waals surface area contributed by atoms with Crippen molar-refractivity contribution in [3.05, 3.63) is 59.9 Å². The van der Waals surface area contributed by atoms with E-state index in [9.17, 15) is 17.6 Å². The van der Waals surface area contributed by atoms with Crippen LogP contribution in [0.25, 0.3) is 0 Å². The van der Waals surface area contributed by atoms with Gasteiger partial charge in [0, 0.05) is 30.0 Å². The van der Waals surface area contributed by atoms with Gasteiger partial charge in [0.1, 0.15) is 5.82 Å². The zero-order valence-electron chi connectivity index (χ0n) is 13.8. The second kappa shape index (κ2) is 6.84. The van der Waals surface area contributed by atoms with Gasteiger partial charge in [-0.05, 0) is 48.9 Å². The van der Waals surface area contributed by atoms with Crippen molar-refractivity contribution >= 4 is 27.1 Å². The molecule has 0 bridgehead atoms. The van der Waals surface area contributed by atoms with Crippen LogP contribution in [-0.2, 0) is 9.84 Å². The minimum absolute atomic E-state index is 0.0299. The first-order valence-electron chi connectivity index (χ1n) is 7.94. The number of amides is 1. The Labute approximate surface area is 146 Å². The highest BCUT2D eigenvalue weighted by Crippen LogP contribution is 2.24. The fourth-order valence-corrected chi connectivity index (χ4v) is 4.68. The summed E-state index contributed by atoms with van der Waals surface area (Å²) in [5.74, 6) is -0.454. The smallest absolute Gasteiger partial charge is 0.255 e. The molecule has 5 nitrogen and oxygen atoms in total. The van der Waals surface area contributed by atoms with Crippen LogP contribution in [0.15, 0.2) is 48.5 Å². The van der Waals surface area contributed by atoms with Gasteiger partial charge in [-0.15, -0.1) is 0 Å². The van der Waals surface area contributed by atoms with Gasteiger partial charge in [-0.2, -0.15) is 0 Å². The van der Waals surface area contributed by atoms with Crippen LogP contribution in [0.3, 0.4) is 0 Å². The molecule has 7 heteroatoms. The summed E-state index contributed by atoms with van der Waals surface area (Å²) in [4.78, 5) is 14.1. The van der Waals surface area contributed by atoms with Crippen LogP contribution in [0.2, 0.25) is 0 Å². The van der Waals surface area contributed by atoms with Gasteiger partial charge < -0.3 is 10.2 Å². The van der Waals surface area contributed by atoms with Gasteiger partial charge >= 0.3 is 0 Å². The molecule has 1 atom stereocenters. The third-order valence-electron chi connectivity index (χ3n) is 4.38. The minimum atomic E-state index is -2.94. The van der Waals surface area contributed by atoms with E-state index >= 15 is 0 Å². The molecule has 2 aromatic carbocycles. The molecule has 25 heavy (non-hydrogen) atoms. The number of carbonyl (C=O) groups is 1. The van der Waals surface area contributed by atoms with E-state index in [0.717, 1.165) is 5.69 Å². The lowest BCUT2D eigenvalue weighted by atomic mass is 10.2. The van der Waals surface area contributed by atoms with Gasteiger partial charge in [0.05, 0.1) is 11.5 Å². The Morgan fingerprint density at radius 3 is 2.52 bits per heavy atom. The molecule has 1 amide bonds. The third kappa shape index (κ3) is 4.17. The second-order valence-electron chi connectivity index (χ2n) is 6.18. The van der Waals surface area contributed by atoms with E-state index in [1.807, 2.05) is 24.1 Å². The predicted molar refractivity (Wildman–Crippen MR) is 96.3 cm³/mol. The highest BCUT2D eigenvalue weighted by molar-refractivity contribution is 7.91. The van der Waals surface area contributed by atoms with Crippen LogP contribution in [0, 0.1) is 5.82 Å². The molecule has 1 fully saturated rings. The van der Waals surface area contributed by atoms with E-state index in [0.29, 0.717) is 12.1 Å². The average molecular weight is 362 g/mol. The lowest BCUT2D eigenvalue weighted by molar-refractivity contribution is 0.102. The number of anilines is 2.